The molecule has 0 aliphatic carbocycles. The predicted octanol–water partition coefficient (Wildman–Crippen LogP) is 5.20. The maximum absolute atomic E-state index is 12.3. The summed E-state index contributed by atoms with van der Waals surface area (Å²) < 4.78 is 26.9. The minimum atomic E-state index is -1.15. The molecule has 0 rings (SSSR count). The molecule has 0 saturated carbocycles. The molecule has 1 unspecified atom stereocenters. The average Bonchev–Trinajstić information content (AvgIpc) is 3.18. The van der Waals surface area contributed by atoms with Crippen molar-refractivity contribution >= 4 is 53.4 Å². The fourth-order valence-corrected chi connectivity index (χ4v) is 6.39. The highest BCUT2D eigenvalue weighted by Gasteiger charge is 2.27. The van der Waals surface area contributed by atoms with Crippen LogP contribution in [0.25, 0.3) is 0 Å². The number of aliphatic carboxylic acids is 1. The highest BCUT2D eigenvalue weighted by atomic mass is 32.2. The Labute approximate surface area is 374 Å². The first-order valence-electron chi connectivity index (χ1n) is 22.1. The van der Waals surface area contributed by atoms with E-state index in [0.717, 1.165) is 38.5 Å². The monoisotopic (exact) mass is 906 g/mol. The number of carboxylic acid groups (broad SMARTS) is 1. The van der Waals surface area contributed by atoms with Gasteiger partial charge in [-0.3, -0.25) is 24.0 Å². The van der Waals surface area contributed by atoms with Crippen molar-refractivity contribution in [2.45, 2.75) is 156 Å². The number of carbonyl (C=O) groups is 6. The number of carbonyl (C=O) groups excluding carboxylic acids is 7. The Kier molecular flexibility index (Phi) is 39.5. The Balaban J connectivity index is 0. The first-order valence-corrected chi connectivity index (χ1v) is 23.3. The Morgan fingerprint density at radius 3 is 1.52 bits per heavy atom. The summed E-state index contributed by atoms with van der Waals surface area (Å²) in [5.74, 6) is -0.0388. The Morgan fingerprint density at radius 1 is 0.565 bits per heavy atom. The minimum absolute atomic E-state index is 0.100. The average molecular weight is 906 g/mol. The molecule has 0 aliphatic heterocycles. The Bertz CT molecular complexity index is 1250. The van der Waals surface area contributed by atoms with Crippen molar-refractivity contribution in [3.05, 3.63) is 0 Å². The molecular weight excluding hydrogens is 827 g/mol. The highest BCUT2D eigenvalue weighted by Crippen LogP contribution is 2.19. The van der Waals surface area contributed by atoms with Crippen LogP contribution in [0.3, 0.4) is 0 Å². The van der Waals surface area contributed by atoms with Gasteiger partial charge in [0.05, 0.1) is 26.4 Å². The molecule has 0 heterocycles. The molecule has 0 fully saturated rings. The molecule has 0 aromatic carbocycles. The van der Waals surface area contributed by atoms with Crippen LogP contribution < -0.4 is 16.0 Å². The van der Waals surface area contributed by atoms with Crippen molar-refractivity contribution in [3.8, 4) is 0 Å². The van der Waals surface area contributed by atoms with E-state index in [1.807, 2.05) is 32.5 Å². The van der Waals surface area contributed by atoms with Gasteiger partial charge in [0.25, 0.3) is 0 Å². The summed E-state index contributed by atoms with van der Waals surface area (Å²) in [5, 5.41) is 17.0. The summed E-state index contributed by atoms with van der Waals surface area (Å²) in [4.78, 5) is 87.7. The van der Waals surface area contributed by atoms with Crippen molar-refractivity contribution < 1.29 is 67.1 Å². The number of carboxylic acids is 1. The summed E-state index contributed by atoms with van der Waals surface area (Å²) in [7, 11) is 0. The fourth-order valence-electron chi connectivity index (χ4n) is 5.36. The van der Waals surface area contributed by atoms with Gasteiger partial charge in [-0.1, -0.05) is 59.3 Å². The molecule has 0 aromatic rings. The molecule has 18 heteroatoms. The number of esters is 1. The smallest absolute Gasteiger partial charge is 0.373 e. The van der Waals surface area contributed by atoms with Gasteiger partial charge >= 0.3 is 18.1 Å². The number of hydrogen-bond donors (Lipinski definition) is 4. The predicted molar refractivity (Wildman–Crippen MR) is 235 cm³/mol. The Morgan fingerprint density at radius 2 is 1.02 bits per heavy atom. The summed E-state index contributed by atoms with van der Waals surface area (Å²) in [6.07, 6.45) is 14.0. The van der Waals surface area contributed by atoms with Crippen molar-refractivity contribution in [1.82, 2.24) is 16.0 Å². The van der Waals surface area contributed by atoms with E-state index in [2.05, 4.69) is 16.0 Å². The van der Waals surface area contributed by atoms with Gasteiger partial charge in [0.15, 0.2) is 0 Å². The van der Waals surface area contributed by atoms with Crippen LogP contribution in [0.5, 0.6) is 0 Å². The third kappa shape index (κ3) is 44.6. The molecule has 4 N–H and O–H groups in total. The van der Waals surface area contributed by atoms with Crippen LogP contribution in [0.2, 0.25) is 0 Å². The molecule has 0 saturated heterocycles. The molecule has 0 aromatic heterocycles. The SMILES string of the molecule is CC(C)(C)OC(=O)C(CCC(=O)O)NC(=O)COCC(=O)NCCCOCCOCCOCCCNC(=O)CCCCCCCSCCCCCCCC(=O)C(C)(C)C.O=C=O. The topological polar surface area (TPSA) is 239 Å². The van der Waals surface area contributed by atoms with E-state index >= 15 is 0 Å². The zero-order valence-electron chi connectivity index (χ0n) is 38.5. The number of rotatable bonds is 39. The molecule has 3 amide bonds. The second-order valence-electron chi connectivity index (χ2n) is 16.7. The second-order valence-corrected chi connectivity index (χ2v) is 18.0. The van der Waals surface area contributed by atoms with E-state index in [1.54, 1.807) is 20.8 Å². The number of ether oxygens (including phenoxy) is 5. The van der Waals surface area contributed by atoms with Crippen LogP contribution in [0.4, 0.5) is 0 Å². The van der Waals surface area contributed by atoms with Gasteiger partial charge in [-0.15, -0.1) is 0 Å². The molecular formula is C44H79N3O14S. The lowest BCUT2D eigenvalue weighted by Gasteiger charge is -2.24. The number of hydrogen-bond acceptors (Lipinski definition) is 14. The van der Waals surface area contributed by atoms with E-state index in [4.69, 9.17) is 38.4 Å². The summed E-state index contributed by atoms with van der Waals surface area (Å²) in [5.41, 5.74) is -1.01. The first-order chi connectivity index (χ1) is 29.4. The van der Waals surface area contributed by atoms with E-state index in [1.165, 1.54) is 50.0 Å². The summed E-state index contributed by atoms with van der Waals surface area (Å²) in [6, 6.07) is -1.15. The molecule has 0 aliphatic rings. The minimum Gasteiger partial charge on any atom is -0.481 e. The molecule has 0 spiro atoms. The number of ketones is 1. The van der Waals surface area contributed by atoms with E-state index in [0.29, 0.717) is 71.4 Å². The number of thioether (sulfide) groups is 1. The quantitative estimate of drug-likeness (QED) is 0.0458. The van der Waals surface area contributed by atoms with E-state index < -0.39 is 42.0 Å². The summed E-state index contributed by atoms with van der Waals surface area (Å²) >= 11 is 2.05. The Hall–Kier alpha value is -3.41. The van der Waals surface area contributed by atoms with Crippen LogP contribution in [0.15, 0.2) is 0 Å². The normalized spacial score (nSPS) is 11.7. The van der Waals surface area contributed by atoms with Crippen molar-refractivity contribution in [2.75, 3.05) is 77.5 Å². The third-order valence-electron chi connectivity index (χ3n) is 8.68. The van der Waals surface area contributed by atoms with E-state index in [9.17, 15) is 28.8 Å². The standard InChI is InChI=1S/C43H79N3O12S.CO2/c1-42(2,3)36(47)19-13-9-7-11-15-31-59-32-16-12-8-10-14-20-37(48)44-23-17-25-54-27-29-56-30-28-55-26-18-24-45-38(49)33-57-34-39(50)46-35(21-22-40(51)52)41(53)58-43(4,5)6;2-1-3/h35H,7-34H2,1-6H3,(H,44,48)(H,45,49)(H,46,50)(H,51,52);. The van der Waals surface area contributed by atoms with Gasteiger partial charge < -0.3 is 44.7 Å². The van der Waals surface area contributed by atoms with Gasteiger partial charge in [0.1, 0.15) is 30.6 Å². The molecule has 0 bridgehead atoms. The fraction of sp³-hybridized carbons (Fsp3) is 0.841. The van der Waals surface area contributed by atoms with Crippen molar-refractivity contribution in [2.24, 2.45) is 5.41 Å². The largest absolute Gasteiger partial charge is 0.481 e. The maximum atomic E-state index is 12.3. The molecule has 360 valence electrons. The van der Waals surface area contributed by atoms with Gasteiger partial charge in [-0.2, -0.15) is 21.4 Å². The van der Waals surface area contributed by atoms with E-state index in [-0.39, 0.29) is 36.9 Å². The number of amides is 3. The van der Waals surface area contributed by atoms with Gasteiger partial charge in [0, 0.05) is 51.0 Å². The zero-order chi connectivity index (χ0) is 46.9. The summed E-state index contributed by atoms with van der Waals surface area (Å²) in [6.45, 7) is 13.8. The van der Waals surface area contributed by atoms with Gasteiger partial charge in [-0.05, 0) is 77.2 Å². The highest BCUT2D eigenvalue weighted by molar-refractivity contribution is 7.99. The maximum Gasteiger partial charge on any atom is 0.373 e. The zero-order valence-corrected chi connectivity index (χ0v) is 39.4. The van der Waals surface area contributed by atoms with Crippen LogP contribution in [-0.2, 0) is 62.0 Å². The number of unbranched alkanes of at least 4 members (excludes halogenated alkanes) is 8. The number of Topliss-reactive ketones (excluding diaryl/α,β-unsaturated/α-hetero) is 1. The lowest BCUT2D eigenvalue weighted by molar-refractivity contribution is -0.192. The van der Waals surface area contributed by atoms with Crippen LogP contribution in [-0.4, -0.2) is 136 Å². The molecule has 17 nitrogen and oxygen atoms in total. The lowest BCUT2D eigenvalue weighted by atomic mass is 9.88. The van der Waals surface area contributed by atoms with Crippen molar-refractivity contribution in [3.63, 3.8) is 0 Å². The van der Waals surface area contributed by atoms with Crippen molar-refractivity contribution in [1.29, 1.82) is 0 Å². The second kappa shape index (κ2) is 40.4. The molecule has 1 atom stereocenters. The van der Waals surface area contributed by atoms with Crippen LogP contribution in [0, 0.1) is 5.41 Å². The lowest BCUT2D eigenvalue weighted by Crippen LogP contribution is -2.46. The first kappa shape index (κ1) is 60.7. The van der Waals surface area contributed by atoms with Crippen LogP contribution >= 0.6 is 11.8 Å². The van der Waals surface area contributed by atoms with Gasteiger partial charge in [-0.25, -0.2) is 4.79 Å². The van der Waals surface area contributed by atoms with Crippen LogP contribution in [0.1, 0.15) is 144 Å². The third-order valence-corrected chi connectivity index (χ3v) is 9.84. The number of nitrogens with one attached hydrogen (secondary N) is 3. The van der Waals surface area contributed by atoms with Gasteiger partial charge in [0.2, 0.25) is 17.7 Å². The molecule has 0 radical (unpaired) electrons. The molecule has 62 heavy (non-hydrogen) atoms.